The van der Waals surface area contributed by atoms with Crippen LogP contribution in [-0.4, -0.2) is 31.7 Å². The summed E-state index contributed by atoms with van der Waals surface area (Å²) in [6.45, 7) is 6.25. The third-order valence-electron chi connectivity index (χ3n) is 1.94. The van der Waals surface area contributed by atoms with Crippen LogP contribution in [0, 0.1) is 5.92 Å². The smallest absolute Gasteiger partial charge is 0.328 e. The highest BCUT2D eigenvalue weighted by atomic mass is 16.5. The summed E-state index contributed by atoms with van der Waals surface area (Å²) in [6, 6.07) is -0.923. The van der Waals surface area contributed by atoms with Gasteiger partial charge in [-0.25, -0.2) is 9.59 Å². The van der Waals surface area contributed by atoms with Crippen LogP contribution in [-0.2, 0) is 9.53 Å². The van der Waals surface area contributed by atoms with Gasteiger partial charge in [0, 0.05) is 6.54 Å². The topological polar surface area (TPSA) is 67.4 Å². The summed E-state index contributed by atoms with van der Waals surface area (Å²) in [4.78, 5) is 22.6. The number of rotatable bonds is 5. The molecule has 0 aliphatic carbocycles. The molecule has 0 saturated carbocycles. The zero-order valence-electron chi connectivity index (χ0n) is 9.79. The minimum Gasteiger partial charge on any atom is -0.467 e. The summed E-state index contributed by atoms with van der Waals surface area (Å²) in [6.07, 6.45) is 0.859. The number of methoxy groups -OCH3 is 1. The third-order valence-corrected chi connectivity index (χ3v) is 1.94. The number of carbonyl (C=O) groups is 2. The standard InChI is InChI=1S/C10H20N2O3/c1-5-6-11-10(14)12-8(7(2)3)9(13)15-4/h7-8H,5-6H2,1-4H3,(H2,11,12,14). The van der Waals surface area contributed by atoms with Gasteiger partial charge in [0.05, 0.1) is 7.11 Å². The molecule has 0 rings (SSSR count). The van der Waals surface area contributed by atoms with Crippen molar-refractivity contribution in [2.75, 3.05) is 13.7 Å². The number of ether oxygens (including phenoxy) is 1. The summed E-state index contributed by atoms with van der Waals surface area (Å²) in [5.74, 6) is -0.415. The number of amides is 2. The Bertz CT molecular complexity index is 217. The Kier molecular flexibility index (Phi) is 6.49. The number of hydrogen-bond acceptors (Lipinski definition) is 3. The van der Waals surface area contributed by atoms with E-state index in [4.69, 9.17) is 0 Å². The summed E-state index contributed by atoms with van der Waals surface area (Å²) in [5.41, 5.74) is 0. The highest BCUT2D eigenvalue weighted by Crippen LogP contribution is 2.03. The van der Waals surface area contributed by atoms with Crippen LogP contribution >= 0.6 is 0 Å². The second-order valence-corrected chi connectivity index (χ2v) is 3.65. The van der Waals surface area contributed by atoms with E-state index in [-0.39, 0.29) is 11.9 Å². The maximum Gasteiger partial charge on any atom is 0.328 e. The van der Waals surface area contributed by atoms with Crippen molar-refractivity contribution in [1.82, 2.24) is 10.6 Å². The van der Waals surface area contributed by atoms with Gasteiger partial charge in [0.25, 0.3) is 0 Å². The molecule has 0 spiro atoms. The lowest BCUT2D eigenvalue weighted by atomic mass is 10.1. The first kappa shape index (κ1) is 13.7. The summed E-state index contributed by atoms with van der Waals surface area (Å²) in [7, 11) is 1.31. The number of carbonyl (C=O) groups excluding carboxylic acids is 2. The van der Waals surface area contributed by atoms with E-state index in [0.29, 0.717) is 6.54 Å². The van der Waals surface area contributed by atoms with Crippen LogP contribution in [0.3, 0.4) is 0 Å². The predicted octanol–water partition coefficient (Wildman–Crippen LogP) is 0.893. The molecule has 0 bridgehead atoms. The van der Waals surface area contributed by atoms with Gasteiger partial charge in [-0.15, -0.1) is 0 Å². The fourth-order valence-corrected chi connectivity index (χ4v) is 1.06. The fourth-order valence-electron chi connectivity index (χ4n) is 1.06. The molecular weight excluding hydrogens is 196 g/mol. The van der Waals surface area contributed by atoms with E-state index in [1.807, 2.05) is 20.8 Å². The largest absolute Gasteiger partial charge is 0.467 e. The number of urea groups is 1. The minimum atomic E-state index is -0.591. The molecule has 1 unspecified atom stereocenters. The van der Waals surface area contributed by atoms with Crippen molar-refractivity contribution in [2.45, 2.75) is 33.2 Å². The number of nitrogens with one attached hydrogen (secondary N) is 2. The first-order valence-corrected chi connectivity index (χ1v) is 5.15. The van der Waals surface area contributed by atoms with Crippen molar-refractivity contribution in [3.05, 3.63) is 0 Å². The fraction of sp³-hybridized carbons (Fsp3) is 0.800. The van der Waals surface area contributed by atoms with Crippen LogP contribution in [0.4, 0.5) is 4.79 Å². The Balaban J connectivity index is 4.17. The highest BCUT2D eigenvalue weighted by Gasteiger charge is 2.24. The van der Waals surface area contributed by atoms with E-state index in [9.17, 15) is 9.59 Å². The van der Waals surface area contributed by atoms with Crippen LogP contribution in [0.2, 0.25) is 0 Å². The number of esters is 1. The quantitative estimate of drug-likeness (QED) is 0.671. The van der Waals surface area contributed by atoms with Crippen molar-refractivity contribution >= 4 is 12.0 Å². The monoisotopic (exact) mass is 216 g/mol. The minimum absolute atomic E-state index is 0.00447. The second kappa shape index (κ2) is 7.09. The molecular formula is C10H20N2O3. The van der Waals surface area contributed by atoms with Crippen molar-refractivity contribution in [2.24, 2.45) is 5.92 Å². The average Bonchev–Trinajstić information content (AvgIpc) is 2.21. The van der Waals surface area contributed by atoms with Crippen LogP contribution in [0.1, 0.15) is 27.2 Å². The van der Waals surface area contributed by atoms with Crippen molar-refractivity contribution < 1.29 is 14.3 Å². The van der Waals surface area contributed by atoms with Crippen molar-refractivity contribution in [3.63, 3.8) is 0 Å². The molecule has 0 radical (unpaired) electrons. The molecule has 0 heterocycles. The Morgan fingerprint density at radius 3 is 2.33 bits per heavy atom. The van der Waals surface area contributed by atoms with Crippen LogP contribution in [0.15, 0.2) is 0 Å². The highest BCUT2D eigenvalue weighted by molar-refractivity contribution is 5.83. The first-order chi connectivity index (χ1) is 7.02. The Morgan fingerprint density at radius 2 is 1.93 bits per heavy atom. The summed E-state index contributed by atoms with van der Waals surface area (Å²) < 4.78 is 4.60. The summed E-state index contributed by atoms with van der Waals surface area (Å²) in [5, 5.41) is 5.22. The maximum absolute atomic E-state index is 11.3. The maximum atomic E-state index is 11.3. The molecule has 1 atom stereocenters. The van der Waals surface area contributed by atoms with Gasteiger partial charge in [0.1, 0.15) is 6.04 Å². The lowest BCUT2D eigenvalue weighted by molar-refractivity contribution is -0.143. The summed E-state index contributed by atoms with van der Waals surface area (Å²) >= 11 is 0. The molecule has 0 aliphatic rings. The van der Waals surface area contributed by atoms with Gasteiger partial charge in [0.15, 0.2) is 0 Å². The average molecular weight is 216 g/mol. The lowest BCUT2D eigenvalue weighted by Crippen LogP contribution is -2.49. The van der Waals surface area contributed by atoms with Crippen LogP contribution < -0.4 is 10.6 Å². The SMILES string of the molecule is CCCNC(=O)NC(C(=O)OC)C(C)C. The van der Waals surface area contributed by atoms with E-state index >= 15 is 0 Å². The van der Waals surface area contributed by atoms with E-state index in [0.717, 1.165) is 6.42 Å². The van der Waals surface area contributed by atoms with Gasteiger partial charge in [-0.05, 0) is 12.3 Å². The van der Waals surface area contributed by atoms with Crippen molar-refractivity contribution in [3.8, 4) is 0 Å². The molecule has 5 heteroatoms. The second-order valence-electron chi connectivity index (χ2n) is 3.65. The van der Waals surface area contributed by atoms with Crippen LogP contribution in [0.25, 0.3) is 0 Å². The van der Waals surface area contributed by atoms with E-state index in [1.54, 1.807) is 0 Å². The molecule has 0 aromatic heterocycles. The Labute approximate surface area is 90.6 Å². The molecule has 0 saturated heterocycles. The van der Waals surface area contributed by atoms with Gasteiger partial charge in [-0.3, -0.25) is 0 Å². The molecule has 0 fully saturated rings. The van der Waals surface area contributed by atoms with Crippen LogP contribution in [0.5, 0.6) is 0 Å². The molecule has 0 aliphatic heterocycles. The molecule has 5 nitrogen and oxygen atoms in total. The third kappa shape index (κ3) is 5.24. The zero-order chi connectivity index (χ0) is 11.8. The lowest BCUT2D eigenvalue weighted by Gasteiger charge is -2.19. The molecule has 88 valence electrons. The van der Waals surface area contributed by atoms with E-state index < -0.39 is 12.0 Å². The van der Waals surface area contributed by atoms with Gasteiger partial charge >= 0.3 is 12.0 Å². The van der Waals surface area contributed by atoms with E-state index in [1.165, 1.54) is 7.11 Å². The predicted molar refractivity (Wildman–Crippen MR) is 57.5 cm³/mol. The Morgan fingerprint density at radius 1 is 1.33 bits per heavy atom. The molecule has 2 amide bonds. The molecule has 15 heavy (non-hydrogen) atoms. The first-order valence-electron chi connectivity index (χ1n) is 5.15. The van der Waals surface area contributed by atoms with E-state index in [2.05, 4.69) is 15.4 Å². The van der Waals surface area contributed by atoms with Crippen molar-refractivity contribution in [1.29, 1.82) is 0 Å². The molecule has 0 aromatic carbocycles. The number of hydrogen-bond donors (Lipinski definition) is 2. The molecule has 0 aromatic rings. The van der Waals surface area contributed by atoms with Gasteiger partial charge < -0.3 is 15.4 Å². The Hall–Kier alpha value is -1.26. The van der Waals surface area contributed by atoms with Gasteiger partial charge in [0.2, 0.25) is 0 Å². The normalized spacial score (nSPS) is 12.1. The van der Waals surface area contributed by atoms with Gasteiger partial charge in [-0.1, -0.05) is 20.8 Å². The molecule has 2 N–H and O–H groups in total. The zero-order valence-corrected chi connectivity index (χ0v) is 9.79. The van der Waals surface area contributed by atoms with Gasteiger partial charge in [-0.2, -0.15) is 0 Å².